The summed E-state index contributed by atoms with van der Waals surface area (Å²) in [6.07, 6.45) is 0. The summed E-state index contributed by atoms with van der Waals surface area (Å²) in [5.41, 5.74) is 3.71. The predicted molar refractivity (Wildman–Crippen MR) is 104 cm³/mol. The number of ketones is 1. The summed E-state index contributed by atoms with van der Waals surface area (Å²) in [5, 5.41) is 4.20. The van der Waals surface area contributed by atoms with Crippen LogP contribution in [0.5, 0.6) is 0 Å². The normalized spacial score (nSPS) is 10.7. The van der Waals surface area contributed by atoms with E-state index in [2.05, 4.69) is 11.4 Å². The van der Waals surface area contributed by atoms with Crippen LogP contribution in [0.25, 0.3) is 20.8 Å². The van der Waals surface area contributed by atoms with Gasteiger partial charge in [-0.1, -0.05) is 54.6 Å². The van der Waals surface area contributed by atoms with Crippen molar-refractivity contribution in [1.29, 1.82) is 0 Å². The third kappa shape index (κ3) is 3.44. The zero-order valence-corrected chi connectivity index (χ0v) is 14.3. The molecule has 0 amide bonds. The molecule has 0 saturated heterocycles. The molecule has 0 fully saturated rings. The third-order valence-corrected chi connectivity index (χ3v) is 5.04. The van der Waals surface area contributed by atoms with E-state index in [1.165, 1.54) is 4.70 Å². The Morgan fingerprint density at radius 1 is 0.920 bits per heavy atom. The standard InChI is InChI=1S/C21H16N2OS/c24-19(15-7-2-1-3-8-15)14-22-17-10-6-9-16(13-17)21-23-18-11-4-5-12-20(18)25-21/h1-13,22H,14H2. The fraction of sp³-hybridized carbons (Fsp3) is 0.0476. The number of carbonyl (C=O) groups is 1. The van der Waals surface area contributed by atoms with Crippen molar-refractivity contribution in [3.63, 3.8) is 0 Å². The Balaban J connectivity index is 1.52. The molecule has 4 heteroatoms. The first kappa shape index (κ1) is 15.5. The third-order valence-electron chi connectivity index (χ3n) is 3.95. The highest BCUT2D eigenvalue weighted by atomic mass is 32.1. The molecule has 3 nitrogen and oxygen atoms in total. The predicted octanol–water partition coefficient (Wildman–Crippen LogP) is 5.26. The maximum atomic E-state index is 12.2. The summed E-state index contributed by atoms with van der Waals surface area (Å²) < 4.78 is 1.18. The van der Waals surface area contributed by atoms with Crippen LogP contribution in [-0.4, -0.2) is 17.3 Å². The monoisotopic (exact) mass is 344 g/mol. The highest BCUT2D eigenvalue weighted by Gasteiger charge is 2.08. The van der Waals surface area contributed by atoms with Gasteiger partial charge in [0.2, 0.25) is 0 Å². The molecule has 4 aromatic rings. The fourth-order valence-electron chi connectivity index (χ4n) is 2.67. The molecule has 0 spiro atoms. The van der Waals surface area contributed by atoms with Gasteiger partial charge >= 0.3 is 0 Å². The van der Waals surface area contributed by atoms with Gasteiger partial charge in [0.1, 0.15) is 5.01 Å². The van der Waals surface area contributed by atoms with Crippen molar-refractivity contribution in [2.24, 2.45) is 0 Å². The van der Waals surface area contributed by atoms with Crippen LogP contribution in [-0.2, 0) is 0 Å². The van der Waals surface area contributed by atoms with Crippen molar-refractivity contribution in [3.05, 3.63) is 84.4 Å². The molecular weight excluding hydrogens is 328 g/mol. The van der Waals surface area contributed by atoms with Crippen LogP contribution >= 0.6 is 11.3 Å². The molecule has 0 bridgehead atoms. The van der Waals surface area contributed by atoms with E-state index < -0.39 is 0 Å². The Hall–Kier alpha value is -2.98. The van der Waals surface area contributed by atoms with Crippen LogP contribution in [0.1, 0.15) is 10.4 Å². The van der Waals surface area contributed by atoms with E-state index >= 15 is 0 Å². The lowest BCUT2D eigenvalue weighted by Crippen LogP contribution is -2.13. The van der Waals surface area contributed by atoms with Gasteiger partial charge < -0.3 is 5.32 Å². The van der Waals surface area contributed by atoms with E-state index in [0.29, 0.717) is 0 Å². The number of hydrogen-bond acceptors (Lipinski definition) is 4. The molecule has 1 aromatic heterocycles. The van der Waals surface area contributed by atoms with Gasteiger partial charge in [-0.05, 0) is 24.3 Å². The van der Waals surface area contributed by atoms with Crippen LogP contribution in [0.15, 0.2) is 78.9 Å². The maximum Gasteiger partial charge on any atom is 0.181 e. The molecule has 0 aliphatic heterocycles. The molecule has 25 heavy (non-hydrogen) atoms. The molecule has 122 valence electrons. The highest BCUT2D eigenvalue weighted by molar-refractivity contribution is 7.21. The van der Waals surface area contributed by atoms with Crippen molar-refractivity contribution in [3.8, 4) is 10.6 Å². The zero-order valence-electron chi connectivity index (χ0n) is 13.5. The van der Waals surface area contributed by atoms with E-state index in [-0.39, 0.29) is 12.3 Å². The van der Waals surface area contributed by atoms with Crippen molar-refractivity contribution >= 4 is 33.0 Å². The van der Waals surface area contributed by atoms with E-state index in [4.69, 9.17) is 4.98 Å². The van der Waals surface area contributed by atoms with Crippen molar-refractivity contribution < 1.29 is 4.79 Å². The van der Waals surface area contributed by atoms with Crippen LogP contribution in [0.3, 0.4) is 0 Å². The lowest BCUT2D eigenvalue weighted by Gasteiger charge is -2.07. The van der Waals surface area contributed by atoms with Gasteiger partial charge in [0, 0.05) is 16.8 Å². The van der Waals surface area contributed by atoms with Gasteiger partial charge in [0.25, 0.3) is 0 Å². The summed E-state index contributed by atoms with van der Waals surface area (Å²) in [6.45, 7) is 0.271. The van der Waals surface area contributed by atoms with Gasteiger partial charge in [-0.2, -0.15) is 0 Å². The molecule has 0 atom stereocenters. The number of hydrogen-bond donors (Lipinski definition) is 1. The molecule has 0 aliphatic rings. The summed E-state index contributed by atoms with van der Waals surface area (Å²) >= 11 is 1.67. The maximum absolute atomic E-state index is 12.2. The fourth-order valence-corrected chi connectivity index (χ4v) is 3.63. The van der Waals surface area contributed by atoms with E-state index in [1.807, 2.05) is 72.8 Å². The second-order valence-corrected chi connectivity index (χ2v) is 6.74. The first-order valence-electron chi connectivity index (χ1n) is 8.08. The minimum atomic E-state index is 0.0750. The lowest BCUT2D eigenvalue weighted by atomic mass is 10.1. The minimum Gasteiger partial charge on any atom is -0.378 e. The van der Waals surface area contributed by atoms with Gasteiger partial charge in [0.15, 0.2) is 5.78 Å². The molecule has 0 unspecified atom stereocenters. The molecule has 4 rings (SSSR count). The first-order chi connectivity index (χ1) is 12.3. The van der Waals surface area contributed by atoms with Crippen LogP contribution in [0, 0.1) is 0 Å². The lowest BCUT2D eigenvalue weighted by molar-refractivity contribution is 0.101. The number of benzene rings is 3. The van der Waals surface area contributed by atoms with E-state index in [1.54, 1.807) is 11.3 Å². The Kier molecular flexibility index (Phi) is 4.27. The van der Waals surface area contributed by atoms with E-state index in [0.717, 1.165) is 27.3 Å². The average Bonchev–Trinajstić information content (AvgIpc) is 3.11. The number of nitrogens with one attached hydrogen (secondary N) is 1. The Bertz CT molecular complexity index is 991. The number of anilines is 1. The molecule has 1 N–H and O–H groups in total. The average molecular weight is 344 g/mol. The number of carbonyl (C=O) groups excluding carboxylic acids is 1. The molecule has 0 aliphatic carbocycles. The molecule has 3 aromatic carbocycles. The summed E-state index contributed by atoms with van der Waals surface area (Å²) in [5.74, 6) is 0.0750. The SMILES string of the molecule is O=C(CNc1cccc(-c2nc3ccccc3s2)c1)c1ccccc1. The van der Waals surface area contributed by atoms with Gasteiger partial charge in [-0.25, -0.2) is 4.98 Å². The number of aromatic nitrogens is 1. The molecular formula is C21H16N2OS. The number of thiazole rings is 1. The van der Waals surface area contributed by atoms with Crippen molar-refractivity contribution in [2.75, 3.05) is 11.9 Å². The van der Waals surface area contributed by atoms with E-state index in [9.17, 15) is 4.79 Å². The van der Waals surface area contributed by atoms with Crippen LogP contribution in [0.4, 0.5) is 5.69 Å². The quantitative estimate of drug-likeness (QED) is 0.502. The molecule has 0 radical (unpaired) electrons. The number of Topliss-reactive ketones (excluding diaryl/α,β-unsaturated/α-hetero) is 1. The van der Waals surface area contributed by atoms with Gasteiger partial charge in [-0.3, -0.25) is 4.79 Å². The van der Waals surface area contributed by atoms with Crippen LogP contribution in [0.2, 0.25) is 0 Å². The molecule has 1 heterocycles. The number of para-hydroxylation sites is 1. The number of rotatable bonds is 5. The topological polar surface area (TPSA) is 42.0 Å². The second kappa shape index (κ2) is 6.87. The zero-order chi connectivity index (χ0) is 17.1. The van der Waals surface area contributed by atoms with Crippen molar-refractivity contribution in [1.82, 2.24) is 4.98 Å². The van der Waals surface area contributed by atoms with Crippen molar-refractivity contribution in [2.45, 2.75) is 0 Å². The minimum absolute atomic E-state index is 0.0750. The number of fused-ring (bicyclic) bond motifs is 1. The van der Waals surface area contributed by atoms with Gasteiger partial charge in [0.05, 0.1) is 16.8 Å². The van der Waals surface area contributed by atoms with Crippen LogP contribution < -0.4 is 5.32 Å². The smallest absolute Gasteiger partial charge is 0.181 e. The summed E-state index contributed by atoms with van der Waals surface area (Å²) in [7, 11) is 0. The summed E-state index contributed by atoms with van der Waals surface area (Å²) in [4.78, 5) is 16.9. The number of nitrogens with zero attached hydrogens (tertiary/aromatic N) is 1. The summed E-state index contributed by atoms with van der Waals surface area (Å²) in [6, 6.07) is 25.5. The Labute approximate surface area is 150 Å². The largest absolute Gasteiger partial charge is 0.378 e. The van der Waals surface area contributed by atoms with Gasteiger partial charge in [-0.15, -0.1) is 11.3 Å². The Morgan fingerprint density at radius 3 is 2.56 bits per heavy atom. The Morgan fingerprint density at radius 2 is 1.72 bits per heavy atom. The second-order valence-electron chi connectivity index (χ2n) is 5.71. The highest BCUT2D eigenvalue weighted by Crippen LogP contribution is 2.31. The first-order valence-corrected chi connectivity index (χ1v) is 8.89. The molecule has 0 saturated carbocycles.